The molecule has 0 saturated carbocycles. The van der Waals surface area contributed by atoms with Crippen LogP contribution >= 0.6 is 12.2 Å². The first-order valence-electron chi connectivity index (χ1n) is 6.05. The molecule has 5 nitrogen and oxygen atoms in total. The van der Waals surface area contributed by atoms with Crippen molar-refractivity contribution in [3.8, 4) is 0 Å². The number of carbonyl (C=O) groups excluding carboxylic acids is 1. The molecule has 3 N–H and O–H groups in total. The molecule has 0 atom stereocenters. The third-order valence-electron chi connectivity index (χ3n) is 2.73. The van der Waals surface area contributed by atoms with Gasteiger partial charge in [-0.3, -0.25) is 4.90 Å². The third kappa shape index (κ3) is 5.83. The summed E-state index contributed by atoms with van der Waals surface area (Å²) in [6.07, 6.45) is 2.38. The van der Waals surface area contributed by atoms with E-state index in [9.17, 15) is 4.79 Å². The van der Waals surface area contributed by atoms with Gasteiger partial charge in [-0.2, -0.15) is 0 Å². The highest BCUT2D eigenvalue weighted by Crippen LogP contribution is 2.10. The van der Waals surface area contributed by atoms with Crippen LogP contribution < -0.4 is 11.1 Å². The molecule has 0 spiro atoms. The van der Waals surface area contributed by atoms with E-state index < -0.39 is 0 Å². The molecule has 1 aliphatic heterocycles. The van der Waals surface area contributed by atoms with Crippen LogP contribution in [0.25, 0.3) is 0 Å². The maximum Gasteiger partial charge on any atom is 0.407 e. The van der Waals surface area contributed by atoms with Crippen LogP contribution in [0.4, 0.5) is 4.79 Å². The Hall–Kier alpha value is -0.880. The third-order valence-corrected chi connectivity index (χ3v) is 2.86. The standard InChI is InChI=1S/C11H21N3O2S/c1-2-7-16-11(15)13-9-3-5-14(6-4-9)8-10(12)17/h9H,2-8H2,1H3,(H2,12,17)(H,13,15). The number of rotatable bonds is 5. The minimum Gasteiger partial charge on any atom is -0.450 e. The second-order valence-electron chi connectivity index (χ2n) is 4.30. The van der Waals surface area contributed by atoms with E-state index in [2.05, 4.69) is 10.2 Å². The molecule has 1 saturated heterocycles. The topological polar surface area (TPSA) is 67.6 Å². The highest BCUT2D eigenvalue weighted by atomic mass is 32.1. The summed E-state index contributed by atoms with van der Waals surface area (Å²) in [5, 5.41) is 2.88. The van der Waals surface area contributed by atoms with Crippen LogP contribution in [0, 0.1) is 0 Å². The van der Waals surface area contributed by atoms with Crippen LogP contribution in [0.5, 0.6) is 0 Å². The van der Waals surface area contributed by atoms with Gasteiger partial charge in [-0.25, -0.2) is 4.79 Å². The van der Waals surface area contributed by atoms with Gasteiger partial charge in [0.05, 0.1) is 11.6 Å². The maximum absolute atomic E-state index is 11.3. The van der Waals surface area contributed by atoms with Crippen LogP contribution in [-0.2, 0) is 4.74 Å². The fraction of sp³-hybridized carbons (Fsp3) is 0.818. The van der Waals surface area contributed by atoms with Crippen molar-refractivity contribution in [2.75, 3.05) is 26.2 Å². The number of piperidine rings is 1. The zero-order chi connectivity index (χ0) is 12.7. The Bertz CT molecular complexity index is 265. The normalized spacial score (nSPS) is 17.7. The smallest absolute Gasteiger partial charge is 0.407 e. The molecule has 1 aliphatic rings. The second-order valence-corrected chi connectivity index (χ2v) is 4.82. The van der Waals surface area contributed by atoms with E-state index >= 15 is 0 Å². The number of thiocarbonyl (C=S) groups is 1. The van der Waals surface area contributed by atoms with Crippen molar-refractivity contribution < 1.29 is 9.53 Å². The first-order chi connectivity index (χ1) is 8.11. The Morgan fingerprint density at radius 3 is 2.71 bits per heavy atom. The molecule has 98 valence electrons. The summed E-state index contributed by atoms with van der Waals surface area (Å²) >= 11 is 4.87. The lowest BCUT2D eigenvalue weighted by molar-refractivity contribution is 0.134. The molecule has 0 unspecified atom stereocenters. The largest absolute Gasteiger partial charge is 0.450 e. The SMILES string of the molecule is CCCOC(=O)NC1CCN(CC(N)=S)CC1. The number of hydrogen-bond acceptors (Lipinski definition) is 4. The van der Waals surface area contributed by atoms with Gasteiger partial charge in [0.1, 0.15) is 0 Å². The number of alkyl carbamates (subject to hydrolysis) is 1. The van der Waals surface area contributed by atoms with Gasteiger partial charge in [0, 0.05) is 25.7 Å². The van der Waals surface area contributed by atoms with E-state index in [0.717, 1.165) is 32.4 Å². The lowest BCUT2D eigenvalue weighted by Gasteiger charge is -2.31. The van der Waals surface area contributed by atoms with Gasteiger partial charge in [-0.1, -0.05) is 19.1 Å². The first-order valence-corrected chi connectivity index (χ1v) is 6.46. The van der Waals surface area contributed by atoms with Crippen LogP contribution in [-0.4, -0.2) is 48.3 Å². The molecule has 0 aromatic carbocycles. The van der Waals surface area contributed by atoms with Gasteiger partial charge in [-0.15, -0.1) is 0 Å². The summed E-state index contributed by atoms with van der Waals surface area (Å²) in [6, 6.07) is 0.210. The zero-order valence-electron chi connectivity index (χ0n) is 10.3. The van der Waals surface area contributed by atoms with Crippen molar-refractivity contribution in [1.82, 2.24) is 10.2 Å². The van der Waals surface area contributed by atoms with E-state index in [4.69, 9.17) is 22.7 Å². The predicted octanol–water partition coefficient (Wildman–Crippen LogP) is 0.873. The maximum atomic E-state index is 11.3. The van der Waals surface area contributed by atoms with Gasteiger partial charge in [0.2, 0.25) is 0 Å². The Morgan fingerprint density at radius 2 is 2.18 bits per heavy atom. The molecule has 0 radical (unpaired) electrons. The summed E-state index contributed by atoms with van der Waals surface area (Å²) in [6.45, 7) is 4.95. The van der Waals surface area contributed by atoms with E-state index in [1.54, 1.807) is 0 Å². The summed E-state index contributed by atoms with van der Waals surface area (Å²) < 4.78 is 4.98. The van der Waals surface area contributed by atoms with Gasteiger partial charge in [-0.05, 0) is 19.3 Å². The van der Waals surface area contributed by atoms with Crippen molar-refractivity contribution >= 4 is 23.3 Å². The fourth-order valence-corrected chi connectivity index (χ4v) is 2.04. The van der Waals surface area contributed by atoms with Crippen LogP contribution in [0.3, 0.4) is 0 Å². The number of nitrogens with two attached hydrogens (primary N) is 1. The zero-order valence-corrected chi connectivity index (χ0v) is 11.1. The summed E-state index contributed by atoms with van der Waals surface area (Å²) in [5.41, 5.74) is 5.49. The Morgan fingerprint density at radius 1 is 1.53 bits per heavy atom. The Balaban J connectivity index is 2.18. The molecule has 0 aromatic rings. The lowest BCUT2D eigenvalue weighted by Crippen LogP contribution is -2.46. The number of hydrogen-bond donors (Lipinski definition) is 2. The number of nitrogens with zero attached hydrogens (tertiary/aromatic N) is 1. The highest BCUT2D eigenvalue weighted by molar-refractivity contribution is 7.80. The highest BCUT2D eigenvalue weighted by Gasteiger charge is 2.21. The molecule has 1 fully saturated rings. The van der Waals surface area contributed by atoms with Crippen LogP contribution in [0.15, 0.2) is 0 Å². The van der Waals surface area contributed by atoms with Crippen molar-refractivity contribution in [3.05, 3.63) is 0 Å². The molecule has 0 aromatic heterocycles. The molecule has 1 rings (SSSR count). The van der Waals surface area contributed by atoms with Crippen molar-refractivity contribution in [2.24, 2.45) is 5.73 Å². The number of ether oxygens (including phenoxy) is 1. The van der Waals surface area contributed by atoms with Gasteiger partial charge in [0.15, 0.2) is 0 Å². The van der Waals surface area contributed by atoms with Gasteiger partial charge < -0.3 is 15.8 Å². The summed E-state index contributed by atoms with van der Waals surface area (Å²) in [4.78, 5) is 14.1. The van der Waals surface area contributed by atoms with E-state index in [-0.39, 0.29) is 12.1 Å². The molecule has 0 bridgehead atoms. The van der Waals surface area contributed by atoms with Gasteiger partial charge >= 0.3 is 6.09 Å². The average Bonchev–Trinajstić information content (AvgIpc) is 2.28. The molecule has 1 amide bonds. The molecule has 17 heavy (non-hydrogen) atoms. The first kappa shape index (κ1) is 14.2. The van der Waals surface area contributed by atoms with Crippen LogP contribution in [0.1, 0.15) is 26.2 Å². The van der Waals surface area contributed by atoms with Crippen LogP contribution in [0.2, 0.25) is 0 Å². The Labute approximate surface area is 108 Å². The fourth-order valence-electron chi connectivity index (χ4n) is 1.86. The van der Waals surface area contributed by atoms with E-state index in [0.29, 0.717) is 18.1 Å². The number of nitrogens with one attached hydrogen (secondary N) is 1. The molecule has 1 heterocycles. The number of amides is 1. The average molecular weight is 259 g/mol. The molecule has 0 aliphatic carbocycles. The second kappa shape index (κ2) is 7.45. The summed E-state index contributed by atoms with van der Waals surface area (Å²) in [5.74, 6) is 0. The van der Waals surface area contributed by atoms with Crippen molar-refractivity contribution in [1.29, 1.82) is 0 Å². The predicted molar refractivity (Wildman–Crippen MR) is 71.0 cm³/mol. The molecular formula is C11H21N3O2S. The van der Waals surface area contributed by atoms with Gasteiger partial charge in [0.25, 0.3) is 0 Å². The molecular weight excluding hydrogens is 238 g/mol. The minimum atomic E-state index is -0.306. The van der Waals surface area contributed by atoms with E-state index in [1.807, 2.05) is 6.92 Å². The van der Waals surface area contributed by atoms with E-state index in [1.165, 1.54) is 0 Å². The summed E-state index contributed by atoms with van der Waals surface area (Å²) in [7, 11) is 0. The monoisotopic (exact) mass is 259 g/mol. The Kier molecular flexibility index (Phi) is 6.21. The quantitative estimate of drug-likeness (QED) is 0.717. The number of carbonyl (C=O) groups is 1. The minimum absolute atomic E-state index is 0.210. The molecule has 6 heteroatoms. The lowest BCUT2D eigenvalue weighted by atomic mass is 10.1. The van der Waals surface area contributed by atoms with Crippen molar-refractivity contribution in [2.45, 2.75) is 32.2 Å². The van der Waals surface area contributed by atoms with Crippen molar-refractivity contribution in [3.63, 3.8) is 0 Å². The number of likely N-dealkylation sites (tertiary alicyclic amines) is 1.